The Hall–Kier alpha value is -3.14. The molecule has 0 aliphatic rings. The minimum Gasteiger partial charge on any atom is -0.324 e. The Morgan fingerprint density at radius 1 is 0.875 bits per heavy atom. The maximum absolute atomic E-state index is 12.3. The van der Waals surface area contributed by atoms with Crippen LogP contribution in [0.1, 0.15) is 11.1 Å². The molecule has 120 valence electrons. The lowest BCUT2D eigenvalue weighted by Gasteiger charge is -2.12. The molecule has 2 aromatic carbocycles. The number of amides is 1. The number of anilines is 1. The molecule has 0 fully saturated rings. The minimum atomic E-state index is -0.219. The van der Waals surface area contributed by atoms with E-state index in [0.717, 1.165) is 17.7 Å². The number of para-hydroxylation sites is 1. The molecule has 0 spiro atoms. The highest BCUT2D eigenvalue weighted by molar-refractivity contribution is 5.91. The number of pyridine rings is 1. The number of hydrogen-bond donors (Lipinski definition) is 1. The third-order valence-electron chi connectivity index (χ3n) is 3.74. The lowest BCUT2D eigenvalue weighted by Crippen LogP contribution is -2.26. The number of nitrogens with one attached hydrogen (secondary N) is 1. The van der Waals surface area contributed by atoms with Gasteiger partial charge in [-0.3, -0.25) is 9.59 Å². The van der Waals surface area contributed by atoms with Gasteiger partial charge in [-0.25, -0.2) is 0 Å². The van der Waals surface area contributed by atoms with E-state index in [9.17, 15) is 9.59 Å². The maximum atomic E-state index is 12.3. The third-order valence-corrected chi connectivity index (χ3v) is 3.74. The van der Waals surface area contributed by atoms with Crippen LogP contribution in [0, 0.1) is 0 Å². The number of hydrogen-bond acceptors (Lipinski definition) is 2. The normalized spacial score (nSPS) is 10.3. The van der Waals surface area contributed by atoms with E-state index < -0.39 is 0 Å². The second-order valence-corrected chi connectivity index (χ2v) is 5.53. The monoisotopic (exact) mass is 318 g/mol. The van der Waals surface area contributed by atoms with Crippen molar-refractivity contribution in [2.24, 2.45) is 0 Å². The zero-order chi connectivity index (χ0) is 16.8. The molecular formula is C20H18N2O2. The van der Waals surface area contributed by atoms with Crippen LogP contribution in [0.4, 0.5) is 5.69 Å². The number of benzene rings is 2. The molecule has 1 amide bonds. The molecule has 0 aliphatic heterocycles. The highest BCUT2D eigenvalue weighted by Crippen LogP contribution is 2.19. The van der Waals surface area contributed by atoms with Crippen LogP contribution in [0.25, 0.3) is 0 Å². The molecule has 1 N–H and O–H groups in total. The zero-order valence-electron chi connectivity index (χ0n) is 13.2. The number of carbonyl (C=O) groups is 1. The van der Waals surface area contributed by atoms with Gasteiger partial charge >= 0.3 is 0 Å². The van der Waals surface area contributed by atoms with Crippen LogP contribution in [-0.2, 0) is 17.8 Å². The average molecular weight is 318 g/mol. The molecule has 0 aliphatic carbocycles. The summed E-state index contributed by atoms with van der Waals surface area (Å²) in [5, 5.41) is 2.91. The first-order valence-electron chi connectivity index (χ1n) is 7.79. The average Bonchev–Trinajstić information content (AvgIpc) is 2.60. The fourth-order valence-electron chi connectivity index (χ4n) is 2.55. The molecule has 0 unspecified atom stereocenters. The van der Waals surface area contributed by atoms with Crippen molar-refractivity contribution in [2.75, 3.05) is 5.32 Å². The van der Waals surface area contributed by atoms with Gasteiger partial charge in [0.2, 0.25) is 5.91 Å². The van der Waals surface area contributed by atoms with Gasteiger partial charge in [-0.05, 0) is 29.7 Å². The van der Waals surface area contributed by atoms with E-state index in [2.05, 4.69) is 17.4 Å². The predicted molar refractivity (Wildman–Crippen MR) is 95.0 cm³/mol. The topological polar surface area (TPSA) is 51.1 Å². The van der Waals surface area contributed by atoms with Crippen LogP contribution in [0.15, 0.2) is 83.8 Å². The van der Waals surface area contributed by atoms with Gasteiger partial charge in [0.25, 0.3) is 5.56 Å². The lowest BCUT2D eigenvalue weighted by atomic mass is 10.0. The quantitative estimate of drug-likeness (QED) is 0.786. The molecule has 3 rings (SSSR count). The molecule has 0 atom stereocenters. The van der Waals surface area contributed by atoms with E-state index in [1.807, 2.05) is 42.5 Å². The standard InChI is InChI=1S/C20H18N2O2/c23-19(15-22-13-7-6-12-20(22)24)21-18-11-5-4-10-17(18)14-16-8-2-1-3-9-16/h1-13H,14-15H2,(H,21,23). The van der Waals surface area contributed by atoms with Crippen LogP contribution in [-0.4, -0.2) is 10.5 Å². The van der Waals surface area contributed by atoms with E-state index in [4.69, 9.17) is 0 Å². The summed E-state index contributed by atoms with van der Waals surface area (Å²) in [7, 11) is 0. The van der Waals surface area contributed by atoms with Crippen molar-refractivity contribution in [1.82, 2.24) is 4.57 Å². The first kappa shape index (κ1) is 15.7. The van der Waals surface area contributed by atoms with Crippen molar-refractivity contribution in [3.63, 3.8) is 0 Å². The largest absolute Gasteiger partial charge is 0.324 e. The van der Waals surface area contributed by atoms with Crippen LogP contribution >= 0.6 is 0 Å². The van der Waals surface area contributed by atoms with Crippen LogP contribution in [0.2, 0.25) is 0 Å². The maximum Gasteiger partial charge on any atom is 0.250 e. The van der Waals surface area contributed by atoms with E-state index >= 15 is 0 Å². The van der Waals surface area contributed by atoms with E-state index in [1.165, 1.54) is 16.2 Å². The zero-order valence-corrected chi connectivity index (χ0v) is 13.2. The van der Waals surface area contributed by atoms with E-state index in [0.29, 0.717) is 0 Å². The Bertz CT molecular complexity index is 885. The molecule has 1 aromatic heterocycles. The second-order valence-electron chi connectivity index (χ2n) is 5.53. The molecular weight excluding hydrogens is 300 g/mol. The second kappa shape index (κ2) is 7.42. The summed E-state index contributed by atoms with van der Waals surface area (Å²) in [5.74, 6) is -0.219. The molecule has 4 heteroatoms. The summed E-state index contributed by atoms with van der Waals surface area (Å²) in [6.45, 7) is -0.000650. The smallest absolute Gasteiger partial charge is 0.250 e. The van der Waals surface area contributed by atoms with Gasteiger partial charge in [0.15, 0.2) is 0 Å². The molecule has 4 nitrogen and oxygen atoms in total. The minimum absolute atomic E-state index is 0.000650. The molecule has 0 bridgehead atoms. The van der Waals surface area contributed by atoms with Crippen LogP contribution < -0.4 is 10.9 Å². The van der Waals surface area contributed by atoms with Crippen molar-refractivity contribution >= 4 is 11.6 Å². The van der Waals surface area contributed by atoms with Gasteiger partial charge in [0.05, 0.1) is 0 Å². The number of carbonyl (C=O) groups excluding carboxylic acids is 1. The van der Waals surface area contributed by atoms with Crippen LogP contribution in [0.3, 0.4) is 0 Å². The third kappa shape index (κ3) is 3.98. The van der Waals surface area contributed by atoms with Crippen molar-refractivity contribution < 1.29 is 4.79 Å². The Labute approximate surface area is 140 Å². The van der Waals surface area contributed by atoms with E-state index in [1.54, 1.807) is 18.3 Å². The number of rotatable bonds is 5. The van der Waals surface area contributed by atoms with Gasteiger partial charge in [0.1, 0.15) is 6.54 Å². The Morgan fingerprint density at radius 3 is 2.38 bits per heavy atom. The molecule has 0 radical (unpaired) electrons. The molecule has 3 aromatic rings. The van der Waals surface area contributed by atoms with Crippen molar-refractivity contribution in [3.8, 4) is 0 Å². The summed E-state index contributed by atoms with van der Waals surface area (Å²) in [4.78, 5) is 24.0. The Balaban J connectivity index is 1.74. The van der Waals surface area contributed by atoms with Gasteiger partial charge < -0.3 is 9.88 Å². The number of nitrogens with zero attached hydrogens (tertiary/aromatic N) is 1. The molecule has 24 heavy (non-hydrogen) atoms. The van der Waals surface area contributed by atoms with Crippen molar-refractivity contribution in [2.45, 2.75) is 13.0 Å². The fraction of sp³-hybridized carbons (Fsp3) is 0.100. The molecule has 0 saturated carbocycles. The summed E-state index contributed by atoms with van der Waals surface area (Å²) in [6, 6.07) is 22.6. The summed E-state index contributed by atoms with van der Waals surface area (Å²) in [5.41, 5.74) is 2.80. The summed E-state index contributed by atoms with van der Waals surface area (Å²) >= 11 is 0. The highest BCUT2D eigenvalue weighted by atomic mass is 16.2. The highest BCUT2D eigenvalue weighted by Gasteiger charge is 2.08. The van der Waals surface area contributed by atoms with Crippen molar-refractivity contribution in [3.05, 3.63) is 100 Å². The van der Waals surface area contributed by atoms with Gasteiger partial charge in [-0.1, -0.05) is 54.6 Å². The summed E-state index contributed by atoms with van der Waals surface area (Å²) in [6.07, 6.45) is 2.35. The Kier molecular flexibility index (Phi) is 4.87. The number of aromatic nitrogens is 1. The van der Waals surface area contributed by atoms with Crippen molar-refractivity contribution in [1.29, 1.82) is 0 Å². The SMILES string of the molecule is O=C(Cn1ccccc1=O)Nc1ccccc1Cc1ccccc1. The first-order chi connectivity index (χ1) is 11.7. The Morgan fingerprint density at radius 2 is 1.58 bits per heavy atom. The summed E-state index contributed by atoms with van der Waals surface area (Å²) < 4.78 is 1.38. The first-order valence-corrected chi connectivity index (χ1v) is 7.79. The predicted octanol–water partition coefficient (Wildman–Crippen LogP) is 3.08. The van der Waals surface area contributed by atoms with Gasteiger partial charge in [0, 0.05) is 18.0 Å². The lowest BCUT2D eigenvalue weighted by molar-refractivity contribution is -0.116. The molecule has 0 saturated heterocycles. The van der Waals surface area contributed by atoms with Crippen LogP contribution in [0.5, 0.6) is 0 Å². The fourth-order valence-corrected chi connectivity index (χ4v) is 2.55. The molecule has 1 heterocycles. The van der Waals surface area contributed by atoms with Gasteiger partial charge in [-0.15, -0.1) is 0 Å². The van der Waals surface area contributed by atoms with E-state index in [-0.39, 0.29) is 18.0 Å². The van der Waals surface area contributed by atoms with Gasteiger partial charge in [-0.2, -0.15) is 0 Å².